The van der Waals surface area contributed by atoms with E-state index < -0.39 is 35.0 Å². The lowest BCUT2D eigenvalue weighted by Crippen LogP contribution is -2.41. The van der Waals surface area contributed by atoms with E-state index in [1.807, 2.05) is 30.3 Å². The lowest BCUT2D eigenvalue weighted by molar-refractivity contribution is -0.145. The summed E-state index contributed by atoms with van der Waals surface area (Å²) in [5.74, 6) is -1.59. The number of allylic oxidation sites excluding steroid dienone is 1. The normalized spacial score (nSPS) is 21.2. The van der Waals surface area contributed by atoms with Gasteiger partial charge >= 0.3 is 18.1 Å². The lowest BCUT2D eigenvalue weighted by atomic mass is 9.67. The van der Waals surface area contributed by atoms with Gasteiger partial charge in [-0.25, -0.2) is 4.79 Å². The van der Waals surface area contributed by atoms with Gasteiger partial charge in [0, 0.05) is 11.5 Å². The Morgan fingerprint density at radius 1 is 0.971 bits per heavy atom. The van der Waals surface area contributed by atoms with E-state index in [1.54, 1.807) is 30.3 Å². The minimum Gasteiger partial charge on any atom is -0.457 e. The van der Waals surface area contributed by atoms with E-state index >= 15 is 0 Å². The molecule has 1 heterocycles. The average Bonchev–Trinajstić information content (AvgIpc) is 3.37. The first kappa shape index (κ1) is 21.9. The van der Waals surface area contributed by atoms with E-state index in [2.05, 4.69) is 0 Å². The Hall–Kier alpha value is -3.87. The van der Waals surface area contributed by atoms with Crippen LogP contribution in [0.5, 0.6) is 5.75 Å². The highest BCUT2D eigenvalue weighted by molar-refractivity contribution is 6.07. The molecule has 0 aromatic heterocycles. The maximum Gasteiger partial charge on any atom is 0.416 e. The molecule has 4 nitrogen and oxygen atoms in total. The van der Waals surface area contributed by atoms with Crippen LogP contribution in [0.25, 0.3) is 0 Å². The molecule has 0 N–H and O–H groups in total. The van der Waals surface area contributed by atoms with Crippen molar-refractivity contribution >= 4 is 11.9 Å². The van der Waals surface area contributed by atoms with Crippen molar-refractivity contribution in [3.8, 4) is 5.75 Å². The highest BCUT2D eigenvalue weighted by Gasteiger charge is 2.61. The van der Waals surface area contributed by atoms with Crippen molar-refractivity contribution in [2.75, 3.05) is 0 Å². The van der Waals surface area contributed by atoms with Crippen LogP contribution in [0.1, 0.15) is 34.6 Å². The number of halogens is 3. The predicted molar refractivity (Wildman–Crippen MR) is 117 cm³/mol. The molecule has 5 rings (SSSR count). The summed E-state index contributed by atoms with van der Waals surface area (Å²) in [7, 11) is 0. The number of carbonyl (C=O) groups excluding carboxylic acids is 2. The topological polar surface area (TPSA) is 52.6 Å². The van der Waals surface area contributed by atoms with Crippen LogP contribution in [-0.2, 0) is 32.5 Å². The highest BCUT2D eigenvalue weighted by atomic mass is 19.4. The SMILES string of the molecule is O=C(OCc1ccccc1)C1=CCC(c2ccc(C(F)(F)F)cc2)C12C(=O)Oc1ccccc12. The largest absolute Gasteiger partial charge is 0.457 e. The number of rotatable bonds is 4. The van der Waals surface area contributed by atoms with Crippen LogP contribution >= 0.6 is 0 Å². The van der Waals surface area contributed by atoms with Crippen LogP contribution in [-0.4, -0.2) is 11.9 Å². The fourth-order valence-corrected chi connectivity index (χ4v) is 4.85. The number of hydrogen-bond acceptors (Lipinski definition) is 4. The molecule has 3 aromatic carbocycles. The minimum atomic E-state index is -4.48. The summed E-state index contributed by atoms with van der Waals surface area (Å²) in [5, 5.41) is 0. The Labute approximate surface area is 193 Å². The Balaban J connectivity index is 1.54. The van der Waals surface area contributed by atoms with Gasteiger partial charge in [0.2, 0.25) is 0 Å². The van der Waals surface area contributed by atoms with Gasteiger partial charge in [0.05, 0.1) is 11.1 Å². The smallest absolute Gasteiger partial charge is 0.416 e. The summed E-state index contributed by atoms with van der Waals surface area (Å²) in [5.41, 5.74) is -0.341. The second-order valence-electron chi connectivity index (χ2n) is 8.28. The number of para-hydroxylation sites is 1. The van der Waals surface area contributed by atoms with E-state index in [9.17, 15) is 22.8 Å². The third-order valence-electron chi connectivity index (χ3n) is 6.41. The van der Waals surface area contributed by atoms with Crippen molar-refractivity contribution in [2.45, 2.75) is 30.5 Å². The number of ether oxygens (including phenoxy) is 2. The third-order valence-corrected chi connectivity index (χ3v) is 6.41. The van der Waals surface area contributed by atoms with Gasteiger partial charge in [-0.05, 0) is 35.7 Å². The molecule has 3 aromatic rings. The van der Waals surface area contributed by atoms with Gasteiger partial charge in [0.15, 0.2) is 0 Å². The van der Waals surface area contributed by atoms with Crippen molar-refractivity contribution in [1.29, 1.82) is 0 Å². The zero-order chi connectivity index (χ0) is 23.9. The van der Waals surface area contributed by atoms with Gasteiger partial charge in [-0.15, -0.1) is 0 Å². The molecular formula is C27H19F3O4. The summed E-state index contributed by atoms with van der Waals surface area (Å²) in [4.78, 5) is 26.7. The Bertz CT molecular complexity index is 1280. The Kier molecular flexibility index (Phi) is 5.27. The molecule has 0 bridgehead atoms. The molecule has 1 aliphatic heterocycles. The van der Waals surface area contributed by atoms with Gasteiger partial charge in [-0.1, -0.05) is 66.7 Å². The van der Waals surface area contributed by atoms with E-state index in [0.717, 1.165) is 17.7 Å². The van der Waals surface area contributed by atoms with Crippen molar-refractivity contribution in [1.82, 2.24) is 0 Å². The van der Waals surface area contributed by atoms with E-state index in [1.165, 1.54) is 12.1 Å². The van der Waals surface area contributed by atoms with Gasteiger partial charge in [0.1, 0.15) is 17.8 Å². The van der Waals surface area contributed by atoms with E-state index in [0.29, 0.717) is 16.9 Å². The maximum absolute atomic E-state index is 13.4. The molecule has 0 radical (unpaired) electrons. The van der Waals surface area contributed by atoms with Gasteiger partial charge in [-0.3, -0.25) is 4.79 Å². The van der Waals surface area contributed by atoms with Crippen LogP contribution < -0.4 is 4.74 Å². The molecule has 2 unspecified atom stereocenters. The van der Waals surface area contributed by atoms with Crippen LogP contribution in [0.3, 0.4) is 0 Å². The summed E-state index contributed by atoms with van der Waals surface area (Å²) in [6, 6.07) is 20.6. The zero-order valence-corrected chi connectivity index (χ0v) is 17.8. The molecule has 0 saturated carbocycles. The quantitative estimate of drug-likeness (QED) is 0.366. The second-order valence-corrected chi connectivity index (χ2v) is 8.28. The lowest BCUT2D eigenvalue weighted by Gasteiger charge is -2.31. The summed E-state index contributed by atoms with van der Waals surface area (Å²) >= 11 is 0. The molecule has 0 saturated heterocycles. The molecule has 34 heavy (non-hydrogen) atoms. The molecule has 7 heteroatoms. The first-order valence-corrected chi connectivity index (χ1v) is 10.7. The van der Waals surface area contributed by atoms with E-state index in [4.69, 9.17) is 9.47 Å². The number of carbonyl (C=O) groups is 2. The first-order chi connectivity index (χ1) is 16.3. The standard InChI is InChI=1S/C27H19F3O4/c28-27(29,30)19-12-10-18(11-13-19)20-14-15-22(24(31)33-16-17-6-2-1-3-7-17)26(20)21-8-4-5-9-23(21)34-25(26)32/h1-13,15,20H,14,16H2. The summed E-state index contributed by atoms with van der Waals surface area (Å²) < 4.78 is 50.4. The molecule has 0 fully saturated rings. The second kappa shape index (κ2) is 8.17. The molecular weight excluding hydrogens is 445 g/mol. The van der Waals surface area contributed by atoms with Crippen LogP contribution in [0, 0.1) is 0 Å². The zero-order valence-electron chi connectivity index (χ0n) is 17.8. The summed E-state index contributed by atoms with van der Waals surface area (Å²) in [6.45, 7) is 0.0226. The van der Waals surface area contributed by atoms with Crippen molar-refractivity contribution in [3.63, 3.8) is 0 Å². The predicted octanol–water partition coefficient (Wildman–Crippen LogP) is 5.72. The van der Waals surface area contributed by atoms with Crippen molar-refractivity contribution < 1.29 is 32.2 Å². The fraction of sp³-hybridized carbons (Fsp3) is 0.185. The Morgan fingerprint density at radius 3 is 2.35 bits per heavy atom. The molecule has 2 atom stereocenters. The average molecular weight is 464 g/mol. The Morgan fingerprint density at radius 2 is 1.65 bits per heavy atom. The fourth-order valence-electron chi connectivity index (χ4n) is 4.85. The van der Waals surface area contributed by atoms with Crippen LogP contribution in [0.4, 0.5) is 13.2 Å². The van der Waals surface area contributed by atoms with Crippen molar-refractivity contribution in [2.24, 2.45) is 0 Å². The molecule has 172 valence electrons. The highest BCUT2D eigenvalue weighted by Crippen LogP contribution is 2.57. The third kappa shape index (κ3) is 3.48. The van der Waals surface area contributed by atoms with Crippen LogP contribution in [0.2, 0.25) is 0 Å². The molecule has 1 spiro atoms. The number of hydrogen-bond donors (Lipinski definition) is 0. The first-order valence-electron chi connectivity index (χ1n) is 10.7. The summed E-state index contributed by atoms with van der Waals surface area (Å²) in [6.07, 6.45) is -2.57. The molecule has 1 aliphatic carbocycles. The minimum absolute atomic E-state index is 0.0226. The van der Waals surface area contributed by atoms with Crippen LogP contribution in [0.15, 0.2) is 90.5 Å². The number of alkyl halides is 3. The maximum atomic E-state index is 13.4. The van der Waals surface area contributed by atoms with E-state index in [-0.39, 0.29) is 18.6 Å². The number of fused-ring (bicyclic) bond motifs is 2. The molecule has 0 amide bonds. The number of benzene rings is 3. The number of esters is 2. The van der Waals surface area contributed by atoms with Crippen molar-refractivity contribution in [3.05, 3.63) is 113 Å². The van der Waals surface area contributed by atoms with Gasteiger partial charge < -0.3 is 9.47 Å². The van der Waals surface area contributed by atoms with Gasteiger partial charge in [-0.2, -0.15) is 13.2 Å². The van der Waals surface area contributed by atoms with Gasteiger partial charge in [0.25, 0.3) is 0 Å². The monoisotopic (exact) mass is 464 g/mol. The molecule has 2 aliphatic rings.